The second-order valence-electron chi connectivity index (χ2n) is 4.74. The van der Waals surface area contributed by atoms with Gasteiger partial charge >= 0.3 is 5.97 Å². The third-order valence-electron chi connectivity index (χ3n) is 3.01. The van der Waals surface area contributed by atoms with E-state index >= 15 is 0 Å². The Balaban J connectivity index is 2.45. The van der Waals surface area contributed by atoms with Crippen molar-refractivity contribution in [3.8, 4) is 5.75 Å². The highest BCUT2D eigenvalue weighted by molar-refractivity contribution is 6.11. The molecule has 0 N–H and O–H groups in total. The van der Waals surface area contributed by atoms with Crippen molar-refractivity contribution < 1.29 is 14.3 Å². The van der Waals surface area contributed by atoms with Gasteiger partial charge in [-0.25, -0.2) is 0 Å². The monoisotopic (exact) mass is 268 g/mol. The lowest BCUT2D eigenvalue weighted by Gasteiger charge is -2.10. The summed E-state index contributed by atoms with van der Waals surface area (Å²) in [5.41, 5.74) is 3.03. The number of para-hydroxylation sites is 1. The molecule has 0 amide bonds. The van der Waals surface area contributed by atoms with Gasteiger partial charge in [-0.3, -0.25) is 9.59 Å². The fourth-order valence-corrected chi connectivity index (χ4v) is 2.11. The van der Waals surface area contributed by atoms with E-state index in [1.54, 1.807) is 30.3 Å². The topological polar surface area (TPSA) is 43.4 Å². The summed E-state index contributed by atoms with van der Waals surface area (Å²) >= 11 is 0. The first-order valence-corrected chi connectivity index (χ1v) is 6.38. The molecule has 0 atom stereocenters. The minimum Gasteiger partial charge on any atom is -0.426 e. The van der Waals surface area contributed by atoms with Crippen molar-refractivity contribution in [1.29, 1.82) is 0 Å². The predicted octanol–water partition coefficient (Wildman–Crippen LogP) is 3.46. The van der Waals surface area contributed by atoms with Crippen LogP contribution in [0.1, 0.15) is 34.0 Å². The molecule has 102 valence electrons. The molecule has 0 bridgehead atoms. The third kappa shape index (κ3) is 2.94. The Hall–Kier alpha value is -2.42. The van der Waals surface area contributed by atoms with E-state index in [1.807, 2.05) is 26.0 Å². The molecule has 20 heavy (non-hydrogen) atoms. The molecule has 0 aromatic heterocycles. The first-order valence-electron chi connectivity index (χ1n) is 6.38. The summed E-state index contributed by atoms with van der Waals surface area (Å²) in [6.45, 7) is 5.20. The standard InChI is InChI=1S/C17H16O3/c1-11-8-9-14(12(2)10-11)17(19)15-6-4-5-7-16(15)20-13(3)18/h4-10H,1-3H3. The Labute approximate surface area is 118 Å². The van der Waals surface area contributed by atoms with Crippen LogP contribution in [0.4, 0.5) is 0 Å². The van der Waals surface area contributed by atoms with E-state index in [0.29, 0.717) is 16.9 Å². The number of ketones is 1. The van der Waals surface area contributed by atoms with Crippen LogP contribution in [-0.2, 0) is 4.79 Å². The lowest BCUT2D eigenvalue weighted by molar-refractivity contribution is -0.131. The van der Waals surface area contributed by atoms with E-state index in [1.165, 1.54) is 6.92 Å². The summed E-state index contributed by atoms with van der Waals surface area (Å²) in [5, 5.41) is 0. The highest BCUT2D eigenvalue weighted by Crippen LogP contribution is 2.23. The fourth-order valence-electron chi connectivity index (χ4n) is 2.11. The zero-order valence-corrected chi connectivity index (χ0v) is 11.8. The van der Waals surface area contributed by atoms with Gasteiger partial charge in [0, 0.05) is 12.5 Å². The SMILES string of the molecule is CC(=O)Oc1ccccc1C(=O)c1ccc(C)cc1C. The number of ether oxygens (including phenoxy) is 1. The van der Waals surface area contributed by atoms with Crippen LogP contribution in [0.2, 0.25) is 0 Å². The molecule has 0 aliphatic carbocycles. The Kier molecular flexibility index (Phi) is 3.99. The van der Waals surface area contributed by atoms with Crippen molar-refractivity contribution in [3.05, 3.63) is 64.7 Å². The van der Waals surface area contributed by atoms with Crippen molar-refractivity contribution in [2.24, 2.45) is 0 Å². The van der Waals surface area contributed by atoms with Crippen molar-refractivity contribution in [3.63, 3.8) is 0 Å². The third-order valence-corrected chi connectivity index (χ3v) is 3.01. The molecule has 3 heteroatoms. The first-order chi connectivity index (χ1) is 9.49. The number of carbonyl (C=O) groups excluding carboxylic acids is 2. The summed E-state index contributed by atoms with van der Waals surface area (Å²) in [6.07, 6.45) is 0. The van der Waals surface area contributed by atoms with Crippen LogP contribution in [0, 0.1) is 13.8 Å². The fraction of sp³-hybridized carbons (Fsp3) is 0.176. The quantitative estimate of drug-likeness (QED) is 0.486. The van der Waals surface area contributed by atoms with Gasteiger partial charge in [0.25, 0.3) is 0 Å². The van der Waals surface area contributed by atoms with Gasteiger partial charge in [0.05, 0.1) is 5.56 Å². The van der Waals surface area contributed by atoms with Crippen molar-refractivity contribution in [2.45, 2.75) is 20.8 Å². The number of aryl methyl sites for hydroxylation is 2. The van der Waals surface area contributed by atoms with E-state index in [4.69, 9.17) is 4.74 Å². The maximum absolute atomic E-state index is 12.6. The normalized spacial score (nSPS) is 10.2. The average molecular weight is 268 g/mol. The minimum atomic E-state index is -0.439. The Morgan fingerprint density at radius 3 is 2.30 bits per heavy atom. The molecule has 3 nitrogen and oxygen atoms in total. The molecule has 2 rings (SSSR count). The molecule has 0 heterocycles. The van der Waals surface area contributed by atoms with Gasteiger partial charge in [-0.15, -0.1) is 0 Å². The highest BCUT2D eigenvalue weighted by atomic mass is 16.5. The van der Waals surface area contributed by atoms with Crippen LogP contribution in [0.25, 0.3) is 0 Å². The molecule has 0 spiro atoms. The van der Waals surface area contributed by atoms with Gasteiger partial charge in [0.1, 0.15) is 5.75 Å². The van der Waals surface area contributed by atoms with Gasteiger partial charge in [0.15, 0.2) is 5.78 Å². The van der Waals surface area contributed by atoms with E-state index in [0.717, 1.165) is 11.1 Å². The van der Waals surface area contributed by atoms with E-state index in [-0.39, 0.29) is 5.78 Å². The number of rotatable bonds is 3. The number of hydrogen-bond acceptors (Lipinski definition) is 3. The summed E-state index contributed by atoms with van der Waals surface area (Å²) in [4.78, 5) is 23.7. The zero-order valence-electron chi connectivity index (χ0n) is 11.8. The molecule has 2 aromatic carbocycles. The molecule has 0 aliphatic rings. The molecule has 0 radical (unpaired) electrons. The molecule has 0 aliphatic heterocycles. The minimum absolute atomic E-state index is 0.139. The first kappa shape index (κ1) is 14.0. The van der Waals surface area contributed by atoms with Crippen LogP contribution in [0.5, 0.6) is 5.75 Å². The van der Waals surface area contributed by atoms with Crippen LogP contribution < -0.4 is 4.74 Å². The maximum Gasteiger partial charge on any atom is 0.308 e. The lowest BCUT2D eigenvalue weighted by atomic mass is 9.97. The predicted molar refractivity (Wildman–Crippen MR) is 77.1 cm³/mol. The van der Waals surface area contributed by atoms with Crippen LogP contribution >= 0.6 is 0 Å². The number of esters is 1. The Bertz CT molecular complexity index is 672. The smallest absolute Gasteiger partial charge is 0.308 e. The summed E-state index contributed by atoms with van der Waals surface area (Å²) < 4.78 is 5.09. The van der Waals surface area contributed by atoms with Crippen molar-refractivity contribution >= 4 is 11.8 Å². The summed E-state index contributed by atoms with van der Waals surface area (Å²) in [7, 11) is 0. The average Bonchev–Trinajstić information content (AvgIpc) is 2.38. The lowest BCUT2D eigenvalue weighted by Crippen LogP contribution is -2.09. The van der Waals surface area contributed by atoms with Gasteiger partial charge in [-0.05, 0) is 31.5 Å². The second kappa shape index (κ2) is 5.70. The van der Waals surface area contributed by atoms with Gasteiger partial charge < -0.3 is 4.74 Å². The van der Waals surface area contributed by atoms with Gasteiger partial charge in [-0.2, -0.15) is 0 Å². The molecular weight excluding hydrogens is 252 g/mol. The van der Waals surface area contributed by atoms with Crippen LogP contribution in [0.15, 0.2) is 42.5 Å². The Morgan fingerprint density at radius 1 is 0.950 bits per heavy atom. The summed E-state index contributed by atoms with van der Waals surface area (Å²) in [5.74, 6) is -0.282. The summed E-state index contributed by atoms with van der Waals surface area (Å²) in [6, 6.07) is 12.4. The van der Waals surface area contributed by atoms with E-state index in [2.05, 4.69) is 0 Å². The molecular formula is C17H16O3. The number of carbonyl (C=O) groups is 2. The van der Waals surface area contributed by atoms with E-state index in [9.17, 15) is 9.59 Å². The highest BCUT2D eigenvalue weighted by Gasteiger charge is 2.17. The number of hydrogen-bond donors (Lipinski definition) is 0. The van der Waals surface area contributed by atoms with Crippen molar-refractivity contribution in [2.75, 3.05) is 0 Å². The van der Waals surface area contributed by atoms with Crippen molar-refractivity contribution in [1.82, 2.24) is 0 Å². The van der Waals surface area contributed by atoms with Gasteiger partial charge in [-0.1, -0.05) is 35.9 Å². The molecule has 0 saturated carbocycles. The largest absolute Gasteiger partial charge is 0.426 e. The Morgan fingerprint density at radius 2 is 1.65 bits per heavy atom. The molecule has 0 unspecified atom stereocenters. The maximum atomic E-state index is 12.6. The van der Waals surface area contributed by atoms with Crippen LogP contribution in [-0.4, -0.2) is 11.8 Å². The van der Waals surface area contributed by atoms with E-state index < -0.39 is 5.97 Å². The molecule has 2 aromatic rings. The molecule has 0 fully saturated rings. The van der Waals surface area contributed by atoms with Crippen LogP contribution in [0.3, 0.4) is 0 Å². The zero-order chi connectivity index (χ0) is 14.7. The number of benzene rings is 2. The molecule has 0 saturated heterocycles. The second-order valence-corrected chi connectivity index (χ2v) is 4.74. The van der Waals surface area contributed by atoms with Gasteiger partial charge in [0.2, 0.25) is 0 Å².